The molecule has 0 saturated heterocycles. The molecule has 0 atom stereocenters. The van der Waals surface area contributed by atoms with Crippen LogP contribution >= 0.6 is 0 Å². The van der Waals surface area contributed by atoms with E-state index in [1.165, 1.54) is 32.1 Å². The van der Waals surface area contributed by atoms with Crippen molar-refractivity contribution in [3.63, 3.8) is 0 Å². The number of rotatable bonds is 2. The number of nitrogen functional groups attached to an aromatic ring is 1. The average Bonchev–Trinajstić information content (AvgIpc) is 2.44. The maximum atomic E-state index is 12.6. The molecule has 4 aliphatic rings. The highest BCUT2D eigenvalue weighted by Crippen LogP contribution is 2.53. The third-order valence-electron chi connectivity index (χ3n) is 6.03. The van der Waals surface area contributed by atoms with Gasteiger partial charge >= 0.3 is 0 Å². The van der Waals surface area contributed by atoms with Crippen molar-refractivity contribution in [1.82, 2.24) is 5.32 Å². The van der Waals surface area contributed by atoms with Gasteiger partial charge in [0.2, 0.25) is 0 Å². The number of nitrogens with two attached hydrogens (primary N) is 1. The molecule has 4 saturated carbocycles. The van der Waals surface area contributed by atoms with E-state index in [1.54, 1.807) is 6.07 Å². The first-order chi connectivity index (χ1) is 10.1. The van der Waals surface area contributed by atoms with Gasteiger partial charge in [-0.05, 0) is 80.4 Å². The van der Waals surface area contributed by atoms with Crippen molar-refractivity contribution in [1.29, 1.82) is 0 Å². The molecule has 4 fully saturated rings. The third kappa shape index (κ3) is 2.23. The van der Waals surface area contributed by atoms with Gasteiger partial charge in [0.1, 0.15) is 0 Å². The van der Waals surface area contributed by atoms with Gasteiger partial charge in [0.15, 0.2) is 0 Å². The van der Waals surface area contributed by atoms with Gasteiger partial charge in [-0.2, -0.15) is 0 Å². The lowest BCUT2D eigenvalue weighted by molar-refractivity contribution is -0.0119. The van der Waals surface area contributed by atoms with Crippen LogP contribution in [0.5, 0.6) is 0 Å². The van der Waals surface area contributed by atoms with Crippen LogP contribution < -0.4 is 11.1 Å². The van der Waals surface area contributed by atoms with Gasteiger partial charge in [0, 0.05) is 17.3 Å². The Morgan fingerprint density at radius 1 is 1.10 bits per heavy atom. The van der Waals surface area contributed by atoms with Crippen LogP contribution in [0.1, 0.15) is 48.0 Å². The van der Waals surface area contributed by atoms with Crippen LogP contribution in [0, 0.1) is 30.6 Å². The predicted molar refractivity (Wildman–Crippen MR) is 83.9 cm³/mol. The fourth-order valence-corrected chi connectivity index (χ4v) is 5.27. The predicted octanol–water partition coefficient (Wildman–Crippen LogP) is 3.13. The molecule has 0 aromatic heterocycles. The number of hydrogen-bond acceptors (Lipinski definition) is 2. The summed E-state index contributed by atoms with van der Waals surface area (Å²) in [7, 11) is 0. The second-order valence-electron chi connectivity index (χ2n) is 7.50. The van der Waals surface area contributed by atoms with Crippen LogP contribution in [0.2, 0.25) is 0 Å². The number of carbonyl (C=O) groups is 1. The van der Waals surface area contributed by atoms with Crippen molar-refractivity contribution in [3.05, 3.63) is 29.3 Å². The molecular weight excluding hydrogens is 260 g/mol. The first-order valence-electron chi connectivity index (χ1n) is 8.27. The molecule has 5 rings (SSSR count). The second kappa shape index (κ2) is 4.75. The minimum absolute atomic E-state index is 0.0669. The molecule has 4 bridgehead atoms. The second-order valence-corrected chi connectivity index (χ2v) is 7.50. The molecule has 112 valence electrons. The van der Waals surface area contributed by atoms with Crippen molar-refractivity contribution in [2.75, 3.05) is 5.73 Å². The molecule has 1 aromatic carbocycles. The van der Waals surface area contributed by atoms with Crippen LogP contribution in [0.25, 0.3) is 0 Å². The maximum absolute atomic E-state index is 12.6. The molecule has 1 aromatic rings. The highest BCUT2D eigenvalue weighted by atomic mass is 16.1. The number of benzene rings is 1. The molecular formula is C18H24N2O. The third-order valence-corrected chi connectivity index (χ3v) is 6.03. The van der Waals surface area contributed by atoms with E-state index in [4.69, 9.17) is 5.73 Å². The Morgan fingerprint density at radius 2 is 1.71 bits per heavy atom. The first-order valence-corrected chi connectivity index (χ1v) is 8.27. The van der Waals surface area contributed by atoms with Gasteiger partial charge < -0.3 is 11.1 Å². The van der Waals surface area contributed by atoms with E-state index < -0.39 is 0 Å². The number of hydrogen-bond donors (Lipinski definition) is 2. The summed E-state index contributed by atoms with van der Waals surface area (Å²) >= 11 is 0. The summed E-state index contributed by atoms with van der Waals surface area (Å²) in [6.07, 6.45) is 6.76. The molecule has 0 spiro atoms. The van der Waals surface area contributed by atoms with E-state index in [0.717, 1.165) is 23.0 Å². The summed E-state index contributed by atoms with van der Waals surface area (Å²) in [5.74, 6) is 3.37. The number of aryl methyl sites for hydroxylation is 1. The number of carbonyl (C=O) groups excluding carboxylic acids is 1. The Labute approximate surface area is 126 Å². The normalized spacial score (nSPS) is 36.7. The van der Waals surface area contributed by atoms with Crippen molar-refractivity contribution >= 4 is 11.6 Å². The van der Waals surface area contributed by atoms with Crippen LogP contribution in [0.4, 0.5) is 5.69 Å². The summed E-state index contributed by atoms with van der Waals surface area (Å²) in [6.45, 7) is 1.98. The Hall–Kier alpha value is -1.51. The quantitative estimate of drug-likeness (QED) is 0.820. The highest BCUT2D eigenvalue weighted by Gasteiger charge is 2.48. The standard InChI is InChI=1S/C18H24N2O/c1-10-2-3-15(19)9-16(10)18(21)20-17-13-5-11-4-12(7-13)8-14(17)6-11/h2-3,9,11-14,17H,4-8,19H2,1H3,(H,20,21). The average molecular weight is 284 g/mol. The largest absolute Gasteiger partial charge is 0.399 e. The van der Waals surface area contributed by atoms with Crippen molar-refractivity contribution in [2.24, 2.45) is 23.7 Å². The zero-order valence-electron chi connectivity index (χ0n) is 12.6. The van der Waals surface area contributed by atoms with Gasteiger partial charge in [-0.3, -0.25) is 4.79 Å². The molecule has 0 heterocycles. The van der Waals surface area contributed by atoms with E-state index in [0.29, 0.717) is 23.6 Å². The molecule has 3 nitrogen and oxygen atoms in total. The van der Waals surface area contributed by atoms with E-state index in [2.05, 4.69) is 5.32 Å². The van der Waals surface area contributed by atoms with Gasteiger partial charge in [0.25, 0.3) is 5.91 Å². The van der Waals surface area contributed by atoms with Crippen LogP contribution in [-0.4, -0.2) is 11.9 Å². The lowest BCUT2D eigenvalue weighted by Crippen LogP contribution is -2.55. The summed E-state index contributed by atoms with van der Waals surface area (Å²) in [5.41, 5.74) is 8.24. The van der Waals surface area contributed by atoms with E-state index in [9.17, 15) is 4.79 Å². The molecule has 4 aliphatic carbocycles. The summed E-state index contributed by atoms with van der Waals surface area (Å²) in [5, 5.41) is 3.35. The Balaban J connectivity index is 1.53. The molecule has 0 aliphatic heterocycles. The zero-order chi connectivity index (χ0) is 14.6. The molecule has 3 heteroatoms. The smallest absolute Gasteiger partial charge is 0.251 e. The zero-order valence-corrected chi connectivity index (χ0v) is 12.6. The molecule has 3 N–H and O–H groups in total. The van der Waals surface area contributed by atoms with Gasteiger partial charge in [-0.1, -0.05) is 6.07 Å². The first kappa shape index (κ1) is 13.2. The van der Waals surface area contributed by atoms with Crippen molar-refractivity contribution in [3.8, 4) is 0 Å². The van der Waals surface area contributed by atoms with E-state index in [-0.39, 0.29) is 5.91 Å². The van der Waals surface area contributed by atoms with Gasteiger partial charge in [0.05, 0.1) is 0 Å². The summed E-state index contributed by atoms with van der Waals surface area (Å²) < 4.78 is 0. The topological polar surface area (TPSA) is 55.1 Å². The van der Waals surface area contributed by atoms with Crippen molar-refractivity contribution in [2.45, 2.75) is 45.1 Å². The lowest BCUT2D eigenvalue weighted by Gasteiger charge is -2.54. The minimum atomic E-state index is 0.0669. The Morgan fingerprint density at radius 3 is 2.33 bits per heavy atom. The fraction of sp³-hybridized carbons (Fsp3) is 0.611. The maximum Gasteiger partial charge on any atom is 0.251 e. The molecule has 1 amide bonds. The Kier molecular flexibility index (Phi) is 2.98. The van der Waals surface area contributed by atoms with Crippen LogP contribution in [-0.2, 0) is 0 Å². The molecule has 0 radical (unpaired) electrons. The molecule has 0 unspecified atom stereocenters. The lowest BCUT2D eigenvalue weighted by atomic mass is 9.54. The molecule has 21 heavy (non-hydrogen) atoms. The van der Waals surface area contributed by atoms with E-state index in [1.807, 2.05) is 19.1 Å². The van der Waals surface area contributed by atoms with Crippen LogP contribution in [0.15, 0.2) is 18.2 Å². The SMILES string of the molecule is Cc1ccc(N)cc1C(=O)NC1C2CC3CC(C2)CC1C3. The Bertz CT molecular complexity index is 553. The summed E-state index contributed by atoms with van der Waals surface area (Å²) in [6, 6.07) is 5.99. The van der Waals surface area contributed by atoms with Crippen LogP contribution in [0.3, 0.4) is 0 Å². The number of amides is 1. The monoisotopic (exact) mass is 284 g/mol. The fourth-order valence-electron chi connectivity index (χ4n) is 5.27. The van der Waals surface area contributed by atoms with Gasteiger partial charge in [-0.25, -0.2) is 0 Å². The van der Waals surface area contributed by atoms with Gasteiger partial charge in [-0.15, -0.1) is 0 Å². The number of nitrogens with one attached hydrogen (secondary N) is 1. The summed E-state index contributed by atoms with van der Waals surface area (Å²) in [4.78, 5) is 12.6. The minimum Gasteiger partial charge on any atom is -0.399 e. The highest BCUT2D eigenvalue weighted by molar-refractivity contribution is 5.96. The van der Waals surface area contributed by atoms with E-state index >= 15 is 0 Å². The number of anilines is 1. The van der Waals surface area contributed by atoms with Crippen molar-refractivity contribution < 1.29 is 4.79 Å².